The molecule has 2 N–H and O–H groups in total. The van der Waals surface area contributed by atoms with Crippen LogP contribution in [0.4, 0.5) is 0 Å². The Bertz CT molecular complexity index is 415. The third-order valence-electron chi connectivity index (χ3n) is 3.36. The first-order valence-corrected chi connectivity index (χ1v) is 6.76. The van der Waals surface area contributed by atoms with Crippen molar-refractivity contribution in [2.75, 3.05) is 13.2 Å². The molecule has 1 aliphatic heterocycles. The zero-order valence-corrected chi connectivity index (χ0v) is 10.8. The number of ether oxygens (including phenoxy) is 1. The first-order valence-electron chi connectivity index (χ1n) is 6.76. The van der Waals surface area contributed by atoms with Crippen LogP contribution in [0.15, 0.2) is 18.2 Å². The van der Waals surface area contributed by atoms with Gasteiger partial charge in [-0.15, -0.1) is 0 Å². The molecule has 0 aromatic heterocycles. The van der Waals surface area contributed by atoms with Gasteiger partial charge in [-0.25, -0.2) is 0 Å². The molecule has 3 nitrogen and oxygen atoms in total. The van der Waals surface area contributed by atoms with Crippen LogP contribution in [-0.2, 0) is 17.6 Å². The monoisotopic (exact) mass is 247 g/mol. The molecule has 18 heavy (non-hydrogen) atoms. The Morgan fingerprint density at radius 2 is 2.17 bits per heavy atom. The SMILES string of the molecule is NCCCCC(=O)CCc1ccc2c(c1)CCO2. The lowest BCUT2D eigenvalue weighted by Gasteiger charge is -2.04. The molecular formula is C15H21NO2. The maximum atomic E-state index is 11.7. The summed E-state index contributed by atoms with van der Waals surface area (Å²) < 4.78 is 5.47. The highest BCUT2D eigenvalue weighted by Crippen LogP contribution is 2.26. The Morgan fingerprint density at radius 3 is 3.00 bits per heavy atom. The number of benzene rings is 1. The first kappa shape index (κ1) is 13.1. The highest BCUT2D eigenvalue weighted by atomic mass is 16.5. The lowest BCUT2D eigenvalue weighted by molar-refractivity contribution is -0.119. The van der Waals surface area contributed by atoms with Crippen molar-refractivity contribution in [2.45, 2.75) is 38.5 Å². The largest absolute Gasteiger partial charge is 0.493 e. The van der Waals surface area contributed by atoms with Gasteiger partial charge in [0.25, 0.3) is 0 Å². The first-order chi connectivity index (χ1) is 8.79. The van der Waals surface area contributed by atoms with Gasteiger partial charge in [0.15, 0.2) is 0 Å². The third kappa shape index (κ3) is 3.57. The van der Waals surface area contributed by atoms with Gasteiger partial charge < -0.3 is 10.5 Å². The lowest BCUT2D eigenvalue weighted by atomic mass is 10.0. The average molecular weight is 247 g/mol. The van der Waals surface area contributed by atoms with Gasteiger partial charge in [0.1, 0.15) is 11.5 Å². The summed E-state index contributed by atoms with van der Waals surface area (Å²) >= 11 is 0. The van der Waals surface area contributed by atoms with Gasteiger partial charge in [-0.3, -0.25) is 4.79 Å². The van der Waals surface area contributed by atoms with E-state index in [1.165, 1.54) is 11.1 Å². The summed E-state index contributed by atoms with van der Waals surface area (Å²) in [4.78, 5) is 11.7. The van der Waals surface area contributed by atoms with Crippen LogP contribution >= 0.6 is 0 Å². The van der Waals surface area contributed by atoms with Gasteiger partial charge in [-0.1, -0.05) is 12.1 Å². The van der Waals surface area contributed by atoms with Crippen LogP contribution in [0.25, 0.3) is 0 Å². The van der Waals surface area contributed by atoms with E-state index in [0.29, 0.717) is 25.2 Å². The molecule has 1 aromatic rings. The zero-order valence-electron chi connectivity index (χ0n) is 10.8. The van der Waals surface area contributed by atoms with Crippen LogP contribution in [-0.4, -0.2) is 18.9 Å². The number of rotatable bonds is 7. The van der Waals surface area contributed by atoms with Crippen molar-refractivity contribution in [2.24, 2.45) is 5.73 Å². The van der Waals surface area contributed by atoms with Crippen molar-refractivity contribution < 1.29 is 9.53 Å². The second-order valence-electron chi connectivity index (χ2n) is 4.82. The minimum absolute atomic E-state index is 0.347. The summed E-state index contributed by atoms with van der Waals surface area (Å²) in [7, 11) is 0. The van der Waals surface area contributed by atoms with Crippen LogP contribution in [0.3, 0.4) is 0 Å². The summed E-state index contributed by atoms with van der Waals surface area (Å²) in [6.45, 7) is 1.47. The summed E-state index contributed by atoms with van der Waals surface area (Å²) in [5.74, 6) is 1.35. The highest BCUT2D eigenvalue weighted by Gasteiger charge is 2.12. The number of carbonyl (C=O) groups is 1. The Morgan fingerprint density at radius 1 is 1.28 bits per heavy atom. The molecule has 1 heterocycles. The van der Waals surface area contributed by atoms with E-state index in [2.05, 4.69) is 12.1 Å². The molecule has 0 saturated carbocycles. The number of Topliss-reactive ketones (excluding diaryl/α,β-unsaturated/α-hetero) is 1. The predicted octanol–water partition coefficient (Wildman–Crippen LogP) is 2.25. The predicted molar refractivity (Wildman–Crippen MR) is 71.9 cm³/mol. The van der Waals surface area contributed by atoms with Crippen LogP contribution in [0.2, 0.25) is 0 Å². The van der Waals surface area contributed by atoms with E-state index >= 15 is 0 Å². The minimum Gasteiger partial charge on any atom is -0.493 e. The molecule has 2 rings (SSSR count). The molecule has 1 aliphatic rings. The van der Waals surface area contributed by atoms with Gasteiger partial charge in [-0.05, 0) is 43.0 Å². The number of fused-ring (bicyclic) bond motifs is 1. The second kappa shape index (κ2) is 6.55. The molecule has 0 aliphatic carbocycles. The molecule has 3 heteroatoms. The number of hydrogen-bond acceptors (Lipinski definition) is 3. The molecule has 0 radical (unpaired) electrons. The normalized spacial score (nSPS) is 13.2. The van der Waals surface area contributed by atoms with Gasteiger partial charge >= 0.3 is 0 Å². The van der Waals surface area contributed by atoms with Crippen molar-refractivity contribution >= 4 is 5.78 Å². The van der Waals surface area contributed by atoms with E-state index in [4.69, 9.17) is 10.5 Å². The molecule has 0 unspecified atom stereocenters. The molecule has 0 bridgehead atoms. The standard InChI is InChI=1S/C15H21NO2/c16-9-2-1-3-14(17)6-4-12-5-7-15-13(11-12)8-10-18-15/h5,7,11H,1-4,6,8-10,16H2. The van der Waals surface area contributed by atoms with Gasteiger partial charge in [-0.2, -0.15) is 0 Å². The molecule has 98 valence electrons. The van der Waals surface area contributed by atoms with E-state index in [1.54, 1.807) is 0 Å². The van der Waals surface area contributed by atoms with E-state index in [-0.39, 0.29) is 0 Å². The topological polar surface area (TPSA) is 52.3 Å². The molecule has 0 amide bonds. The lowest BCUT2D eigenvalue weighted by Crippen LogP contribution is -2.03. The van der Waals surface area contributed by atoms with Crippen molar-refractivity contribution in [3.63, 3.8) is 0 Å². The van der Waals surface area contributed by atoms with Crippen LogP contribution < -0.4 is 10.5 Å². The highest BCUT2D eigenvalue weighted by molar-refractivity contribution is 5.78. The Balaban J connectivity index is 1.78. The summed E-state index contributed by atoms with van der Waals surface area (Å²) in [6.07, 6.45) is 5.02. The molecule has 0 fully saturated rings. The Kier molecular flexibility index (Phi) is 4.76. The van der Waals surface area contributed by atoms with E-state index in [0.717, 1.165) is 38.0 Å². The van der Waals surface area contributed by atoms with Crippen molar-refractivity contribution in [3.05, 3.63) is 29.3 Å². The molecule has 0 atom stereocenters. The Hall–Kier alpha value is -1.35. The fourth-order valence-electron chi connectivity index (χ4n) is 2.27. The average Bonchev–Trinajstić information content (AvgIpc) is 2.84. The van der Waals surface area contributed by atoms with E-state index in [1.807, 2.05) is 6.07 Å². The number of aryl methyl sites for hydroxylation is 1. The van der Waals surface area contributed by atoms with Gasteiger partial charge in [0.2, 0.25) is 0 Å². The van der Waals surface area contributed by atoms with Gasteiger partial charge in [0, 0.05) is 19.3 Å². The van der Waals surface area contributed by atoms with Crippen LogP contribution in [0, 0.1) is 0 Å². The van der Waals surface area contributed by atoms with Crippen molar-refractivity contribution in [3.8, 4) is 5.75 Å². The summed E-state index contributed by atoms with van der Waals surface area (Å²) in [5, 5.41) is 0. The smallest absolute Gasteiger partial charge is 0.133 e. The minimum atomic E-state index is 0.347. The number of carbonyl (C=O) groups excluding carboxylic acids is 1. The summed E-state index contributed by atoms with van der Waals surface area (Å²) in [5.41, 5.74) is 7.93. The molecule has 0 spiro atoms. The fraction of sp³-hybridized carbons (Fsp3) is 0.533. The van der Waals surface area contributed by atoms with Crippen LogP contribution in [0.5, 0.6) is 5.75 Å². The molecule has 1 aromatic carbocycles. The van der Waals surface area contributed by atoms with E-state index in [9.17, 15) is 4.79 Å². The number of ketones is 1. The summed E-state index contributed by atoms with van der Waals surface area (Å²) in [6, 6.07) is 6.27. The van der Waals surface area contributed by atoms with E-state index < -0.39 is 0 Å². The van der Waals surface area contributed by atoms with Crippen molar-refractivity contribution in [1.82, 2.24) is 0 Å². The third-order valence-corrected chi connectivity index (χ3v) is 3.36. The number of nitrogens with two attached hydrogens (primary N) is 1. The quantitative estimate of drug-likeness (QED) is 0.752. The van der Waals surface area contributed by atoms with Crippen LogP contribution in [0.1, 0.15) is 36.8 Å². The number of unbranched alkanes of at least 4 members (excludes halogenated alkanes) is 1. The second-order valence-corrected chi connectivity index (χ2v) is 4.82. The van der Waals surface area contributed by atoms with Crippen molar-refractivity contribution in [1.29, 1.82) is 0 Å². The number of hydrogen-bond donors (Lipinski definition) is 1. The molecular weight excluding hydrogens is 226 g/mol. The van der Waals surface area contributed by atoms with Gasteiger partial charge in [0.05, 0.1) is 6.61 Å². The maximum Gasteiger partial charge on any atom is 0.133 e. The maximum absolute atomic E-state index is 11.7. The Labute approximate surface area is 108 Å². The fourth-order valence-corrected chi connectivity index (χ4v) is 2.27. The molecule has 0 saturated heterocycles. The zero-order chi connectivity index (χ0) is 12.8.